The number of rotatable bonds is 5. The van der Waals surface area contributed by atoms with Gasteiger partial charge in [-0.25, -0.2) is 0 Å². The van der Waals surface area contributed by atoms with Crippen LogP contribution in [0.2, 0.25) is 0 Å². The number of allylic oxidation sites excluding steroid dienone is 2. The van der Waals surface area contributed by atoms with Gasteiger partial charge in [-0.05, 0) is 48.1 Å². The number of fused-ring (bicyclic) bond motifs is 5. The number of morpholine rings is 1. The van der Waals surface area contributed by atoms with Gasteiger partial charge < -0.3 is 14.4 Å². The minimum atomic E-state index is -0.246. The highest BCUT2D eigenvalue weighted by Crippen LogP contribution is 2.52. The van der Waals surface area contributed by atoms with Crippen LogP contribution in [0.3, 0.4) is 0 Å². The third-order valence-corrected chi connectivity index (χ3v) is 6.38. The van der Waals surface area contributed by atoms with Gasteiger partial charge in [-0.3, -0.25) is 14.4 Å². The monoisotopic (exact) mass is 409 g/mol. The highest BCUT2D eigenvalue weighted by Gasteiger charge is 2.59. The van der Waals surface area contributed by atoms with Crippen molar-refractivity contribution in [1.82, 2.24) is 9.91 Å². The van der Waals surface area contributed by atoms with Gasteiger partial charge in [0, 0.05) is 13.1 Å². The topological polar surface area (TPSA) is 88.5 Å². The van der Waals surface area contributed by atoms with Crippen LogP contribution in [0.25, 0.3) is 0 Å². The summed E-state index contributed by atoms with van der Waals surface area (Å²) in [7, 11) is 0. The van der Waals surface area contributed by atoms with Crippen LogP contribution in [0, 0.1) is 23.7 Å². The summed E-state index contributed by atoms with van der Waals surface area (Å²) >= 11 is 0. The van der Waals surface area contributed by atoms with Gasteiger partial charge in [-0.2, -0.15) is 10.1 Å². The van der Waals surface area contributed by atoms with Gasteiger partial charge in [0.1, 0.15) is 5.75 Å². The summed E-state index contributed by atoms with van der Waals surface area (Å²) in [4.78, 5) is 39.1. The van der Waals surface area contributed by atoms with Gasteiger partial charge in [0.25, 0.3) is 17.7 Å². The quantitative estimate of drug-likeness (QED) is 0.412. The van der Waals surface area contributed by atoms with Gasteiger partial charge in [-0.1, -0.05) is 12.2 Å². The highest BCUT2D eigenvalue weighted by atomic mass is 16.5. The first-order valence-electron chi connectivity index (χ1n) is 10.3. The van der Waals surface area contributed by atoms with E-state index in [1.54, 1.807) is 29.2 Å². The highest BCUT2D eigenvalue weighted by molar-refractivity contribution is 6.06. The Morgan fingerprint density at radius 3 is 2.33 bits per heavy atom. The summed E-state index contributed by atoms with van der Waals surface area (Å²) in [5.74, 6) is -0.0296. The van der Waals surface area contributed by atoms with Crippen molar-refractivity contribution in [2.24, 2.45) is 28.8 Å². The number of carbonyl (C=O) groups is 3. The molecule has 2 saturated heterocycles. The molecule has 2 aliphatic heterocycles. The number of carbonyl (C=O) groups excluding carboxylic acids is 3. The Morgan fingerprint density at radius 2 is 1.70 bits per heavy atom. The van der Waals surface area contributed by atoms with E-state index in [1.165, 1.54) is 6.21 Å². The number of hydrazone groups is 1. The summed E-state index contributed by atoms with van der Waals surface area (Å²) in [6.45, 7) is 2.27. The fraction of sp³-hybridized carbons (Fsp3) is 0.455. The lowest BCUT2D eigenvalue weighted by Crippen LogP contribution is -2.42. The molecule has 0 radical (unpaired) electrons. The van der Waals surface area contributed by atoms with Crippen LogP contribution >= 0.6 is 0 Å². The predicted octanol–water partition coefficient (Wildman–Crippen LogP) is 1.07. The number of imide groups is 1. The summed E-state index contributed by atoms with van der Waals surface area (Å²) < 4.78 is 10.8. The van der Waals surface area contributed by atoms with Crippen LogP contribution in [0.15, 0.2) is 41.5 Å². The molecule has 4 atom stereocenters. The van der Waals surface area contributed by atoms with Crippen LogP contribution in [-0.2, 0) is 19.1 Å². The Kier molecular flexibility index (Phi) is 4.86. The largest absolute Gasteiger partial charge is 0.484 e. The van der Waals surface area contributed by atoms with E-state index >= 15 is 0 Å². The average Bonchev–Trinajstić information content (AvgIpc) is 3.46. The molecule has 8 heteroatoms. The Morgan fingerprint density at radius 1 is 1.07 bits per heavy atom. The molecule has 2 bridgehead atoms. The SMILES string of the molecule is O=C(COc1ccc(C=NN2C(=O)[C@@H]3[C@H](C2=O)[C@H]2C=C[C@H]3C2)cc1)N1CCOCC1. The molecule has 156 valence electrons. The summed E-state index contributed by atoms with van der Waals surface area (Å²) in [5, 5.41) is 5.20. The molecule has 0 unspecified atom stereocenters. The minimum Gasteiger partial charge on any atom is -0.484 e. The van der Waals surface area contributed by atoms with Crippen molar-refractivity contribution in [3.8, 4) is 5.75 Å². The second-order valence-corrected chi connectivity index (χ2v) is 8.08. The smallest absolute Gasteiger partial charge is 0.260 e. The van der Waals surface area contributed by atoms with Crippen LogP contribution in [-0.4, -0.2) is 66.8 Å². The number of hydrogen-bond acceptors (Lipinski definition) is 6. The van der Waals surface area contributed by atoms with E-state index < -0.39 is 0 Å². The van der Waals surface area contributed by atoms with Crippen LogP contribution in [0.5, 0.6) is 5.75 Å². The molecule has 2 heterocycles. The van der Waals surface area contributed by atoms with E-state index in [1.807, 2.05) is 0 Å². The maximum atomic E-state index is 12.6. The van der Waals surface area contributed by atoms with Gasteiger partial charge >= 0.3 is 0 Å². The molecule has 1 saturated carbocycles. The average molecular weight is 409 g/mol. The van der Waals surface area contributed by atoms with E-state index in [9.17, 15) is 14.4 Å². The zero-order valence-corrected chi connectivity index (χ0v) is 16.5. The molecule has 1 aromatic carbocycles. The first kappa shape index (κ1) is 19.0. The van der Waals surface area contributed by atoms with Crippen molar-refractivity contribution in [1.29, 1.82) is 0 Å². The molecule has 4 aliphatic rings. The molecular weight excluding hydrogens is 386 g/mol. The Hall–Kier alpha value is -3.00. The summed E-state index contributed by atoms with van der Waals surface area (Å²) in [5.41, 5.74) is 0.737. The third kappa shape index (κ3) is 3.31. The molecule has 0 N–H and O–H groups in total. The maximum absolute atomic E-state index is 12.6. The zero-order chi connectivity index (χ0) is 20.7. The van der Waals surface area contributed by atoms with Gasteiger partial charge in [0.2, 0.25) is 0 Å². The number of hydrogen-bond donors (Lipinski definition) is 0. The van der Waals surface area contributed by atoms with E-state index in [0.717, 1.165) is 17.0 Å². The molecule has 5 rings (SSSR count). The van der Waals surface area contributed by atoms with Crippen LogP contribution in [0.4, 0.5) is 0 Å². The van der Waals surface area contributed by atoms with E-state index in [4.69, 9.17) is 9.47 Å². The van der Waals surface area contributed by atoms with E-state index in [2.05, 4.69) is 17.3 Å². The maximum Gasteiger partial charge on any atom is 0.260 e. The molecule has 1 aromatic rings. The van der Waals surface area contributed by atoms with Crippen LogP contribution in [0.1, 0.15) is 12.0 Å². The molecular formula is C22H23N3O5. The number of amides is 3. The van der Waals surface area contributed by atoms with Gasteiger partial charge in [-0.15, -0.1) is 0 Å². The standard InChI is InChI=1S/C22H23N3O5/c26-18(24-7-9-29-10-8-24)13-30-17-5-1-14(2-6-17)12-23-25-21(27)19-15-3-4-16(11-15)20(19)22(25)28/h1-6,12,15-16,19-20H,7-11,13H2/t15-,16-,19-,20+/m0/s1. The van der Waals surface area contributed by atoms with Crippen molar-refractivity contribution >= 4 is 23.9 Å². The molecule has 8 nitrogen and oxygen atoms in total. The fourth-order valence-corrected chi connectivity index (χ4v) is 4.82. The second-order valence-electron chi connectivity index (χ2n) is 8.08. The summed E-state index contributed by atoms with van der Waals surface area (Å²) in [6, 6.07) is 7.02. The molecule has 0 spiro atoms. The van der Waals surface area contributed by atoms with Crippen LogP contribution < -0.4 is 4.74 Å². The Balaban J connectivity index is 1.17. The fourth-order valence-electron chi connectivity index (χ4n) is 4.82. The third-order valence-electron chi connectivity index (χ3n) is 6.38. The normalized spacial score (nSPS) is 29.9. The van der Waals surface area contributed by atoms with Crippen molar-refractivity contribution in [2.75, 3.05) is 32.9 Å². The minimum absolute atomic E-state index is 0.0244. The first-order chi connectivity index (χ1) is 14.6. The predicted molar refractivity (Wildman–Crippen MR) is 107 cm³/mol. The first-order valence-corrected chi connectivity index (χ1v) is 10.3. The van der Waals surface area contributed by atoms with Gasteiger partial charge in [0.05, 0.1) is 31.3 Å². The van der Waals surface area contributed by atoms with Crippen molar-refractivity contribution in [2.45, 2.75) is 6.42 Å². The lowest BCUT2D eigenvalue weighted by molar-refractivity contribution is -0.140. The molecule has 2 aliphatic carbocycles. The van der Waals surface area contributed by atoms with Crippen molar-refractivity contribution < 1.29 is 23.9 Å². The second kappa shape index (κ2) is 7.68. The molecule has 0 aromatic heterocycles. The molecule has 3 amide bonds. The summed E-state index contributed by atoms with van der Waals surface area (Å²) in [6.07, 6.45) is 6.54. The Labute approximate surface area is 174 Å². The molecule has 3 fully saturated rings. The van der Waals surface area contributed by atoms with Crippen molar-refractivity contribution in [3.63, 3.8) is 0 Å². The van der Waals surface area contributed by atoms with Crippen molar-refractivity contribution in [3.05, 3.63) is 42.0 Å². The lowest BCUT2D eigenvalue weighted by Gasteiger charge is -2.26. The molecule has 30 heavy (non-hydrogen) atoms. The number of benzene rings is 1. The number of nitrogens with zero attached hydrogens (tertiary/aromatic N) is 3. The zero-order valence-electron chi connectivity index (χ0n) is 16.5. The van der Waals surface area contributed by atoms with E-state index in [0.29, 0.717) is 32.1 Å². The van der Waals surface area contributed by atoms with E-state index in [-0.39, 0.29) is 48.0 Å². The lowest BCUT2D eigenvalue weighted by atomic mass is 9.85. The van der Waals surface area contributed by atoms with Gasteiger partial charge in [0.15, 0.2) is 6.61 Å². The Bertz CT molecular complexity index is 889. The number of ether oxygens (including phenoxy) is 2.